The topological polar surface area (TPSA) is 60.2 Å². The quantitative estimate of drug-likeness (QED) is 0.885. The molecular weight excluding hydrogens is 266 g/mol. The van der Waals surface area contributed by atoms with Crippen LogP contribution < -0.4 is 10.1 Å². The molecule has 1 N–H and O–H groups in total. The van der Waals surface area contributed by atoms with E-state index < -0.39 is 0 Å². The van der Waals surface area contributed by atoms with Crippen molar-refractivity contribution in [2.45, 2.75) is 32.7 Å². The fourth-order valence-corrected chi connectivity index (χ4v) is 2.51. The third-order valence-corrected chi connectivity index (χ3v) is 3.77. The van der Waals surface area contributed by atoms with Crippen molar-refractivity contribution < 1.29 is 9.26 Å². The van der Waals surface area contributed by atoms with E-state index in [1.165, 1.54) is 0 Å². The van der Waals surface area contributed by atoms with E-state index in [0.717, 1.165) is 11.3 Å². The summed E-state index contributed by atoms with van der Waals surface area (Å²) in [7, 11) is 3.59. The molecule has 114 valence electrons. The number of aromatic nitrogens is 2. The smallest absolute Gasteiger partial charge is 0.231 e. The zero-order chi connectivity index (χ0) is 15.4. The number of benzene rings is 1. The van der Waals surface area contributed by atoms with E-state index in [-0.39, 0.29) is 12.0 Å². The van der Waals surface area contributed by atoms with Crippen LogP contribution in [0.3, 0.4) is 0 Å². The van der Waals surface area contributed by atoms with Crippen LogP contribution in [0.15, 0.2) is 28.8 Å². The molecule has 2 unspecified atom stereocenters. The first kappa shape index (κ1) is 15.5. The molecule has 0 aliphatic carbocycles. The van der Waals surface area contributed by atoms with Crippen molar-refractivity contribution in [2.24, 2.45) is 5.92 Å². The maximum absolute atomic E-state index is 5.50. The summed E-state index contributed by atoms with van der Waals surface area (Å²) >= 11 is 0. The molecule has 5 nitrogen and oxygen atoms in total. The highest BCUT2D eigenvalue weighted by Crippen LogP contribution is 2.29. The molecule has 0 saturated heterocycles. The minimum Gasteiger partial charge on any atom is -0.497 e. The Morgan fingerprint density at radius 2 is 2.00 bits per heavy atom. The summed E-state index contributed by atoms with van der Waals surface area (Å²) in [5.41, 5.74) is 0.893. The molecule has 2 aromatic rings. The number of ether oxygens (including phenoxy) is 1. The number of nitrogens with zero attached hydrogens (tertiary/aromatic N) is 2. The van der Waals surface area contributed by atoms with Crippen LogP contribution in [0.4, 0.5) is 0 Å². The van der Waals surface area contributed by atoms with E-state index in [2.05, 4.69) is 36.2 Å². The Balaban J connectivity index is 2.31. The standard InChI is InChI=1S/C16H23N3O2/c1-10(2)14(11(3)17-4)16-18-15(19-21-16)12-7-6-8-13(9-12)20-5/h6-11,14,17H,1-5H3. The Morgan fingerprint density at radius 3 is 2.62 bits per heavy atom. The summed E-state index contributed by atoms with van der Waals surface area (Å²) in [4.78, 5) is 4.57. The summed E-state index contributed by atoms with van der Waals surface area (Å²) in [5, 5.41) is 7.38. The van der Waals surface area contributed by atoms with Gasteiger partial charge in [-0.2, -0.15) is 4.98 Å². The highest BCUT2D eigenvalue weighted by atomic mass is 16.5. The summed E-state index contributed by atoms with van der Waals surface area (Å²) in [6, 6.07) is 7.93. The van der Waals surface area contributed by atoms with Crippen LogP contribution in [-0.2, 0) is 0 Å². The first-order chi connectivity index (χ1) is 10.1. The van der Waals surface area contributed by atoms with Crippen LogP contribution >= 0.6 is 0 Å². The van der Waals surface area contributed by atoms with Gasteiger partial charge < -0.3 is 14.6 Å². The van der Waals surface area contributed by atoms with E-state index in [1.54, 1.807) is 7.11 Å². The summed E-state index contributed by atoms with van der Waals surface area (Å²) < 4.78 is 10.7. The average molecular weight is 289 g/mol. The summed E-state index contributed by atoms with van der Waals surface area (Å²) in [5.74, 6) is 2.64. The number of hydrogen-bond acceptors (Lipinski definition) is 5. The fourth-order valence-electron chi connectivity index (χ4n) is 2.51. The molecule has 2 atom stereocenters. The van der Waals surface area contributed by atoms with E-state index in [0.29, 0.717) is 17.6 Å². The van der Waals surface area contributed by atoms with E-state index in [9.17, 15) is 0 Å². The molecule has 0 amide bonds. The van der Waals surface area contributed by atoms with Crippen LogP contribution in [0.5, 0.6) is 5.75 Å². The zero-order valence-electron chi connectivity index (χ0n) is 13.3. The van der Waals surface area contributed by atoms with Gasteiger partial charge in [-0.25, -0.2) is 0 Å². The maximum atomic E-state index is 5.50. The average Bonchev–Trinajstić information content (AvgIpc) is 2.96. The third kappa shape index (κ3) is 3.42. The number of likely N-dealkylation sites (N-methyl/N-ethyl adjacent to an activating group) is 1. The largest absolute Gasteiger partial charge is 0.497 e. The Bertz CT molecular complexity index is 580. The van der Waals surface area contributed by atoms with E-state index in [4.69, 9.17) is 9.26 Å². The molecule has 2 rings (SSSR count). The molecule has 0 fully saturated rings. The number of methoxy groups -OCH3 is 1. The molecule has 0 bridgehead atoms. The molecule has 0 aliphatic rings. The summed E-state index contributed by atoms with van der Waals surface area (Å²) in [6.07, 6.45) is 0. The van der Waals surface area contributed by atoms with Crippen molar-refractivity contribution in [1.29, 1.82) is 0 Å². The van der Waals surface area contributed by atoms with Crippen molar-refractivity contribution in [1.82, 2.24) is 15.5 Å². The predicted molar refractivity (Wildman–Crippen MR) is 82.4 cm³/mol. The van der Waals surface area contributed by atoms with Gasteiger partial charge in [-0.05, 0) is 32.0 Å². The monoisotopic (exact) mass is 289 g/mol. The lowest BCUT2D eigenvalue weighted by molar-refractivity contribution is 0.286. The van der Waals surface area contributed by atoms with E-state index >= 15 is 0 Å². The van der Waals surface area contributed by atoms with Gasteiger partial charge in [-0.15, -0.1) is 0 Å². The molecule has 1 heterocycles. The molecule has 0 saturated carbocycles. The molecule has 1 aromatic carbocycles. The van der Waals surface area contributed by atoms with Gasteiger partial charge in [0.05, 0.1) is 13.0 Å². The van der Waals surface area contributed by atoms with Gasteiger partial charge >= 0.3 is 0 Å². The first-order valence-corrected chi connectivity index (χ1v) is 7.22. The van der Waals surface area contributed by atoms with Gasteiger partial charge in [0, 0.05) is 11.6 Å². The van der Waals surface area contributed by atoms with Crippen molar-refractivity contribution in [3.05, 3.63) is 30.2 Å². The highest BCUT2D eigenvalue weighted by molar-refractivity contribution is 5.56. The second-order valence-corrected chi connectivity index (χ2v) is 5.54. The second kappa shape index (κ2) is 6.72. The van der Waals surface area contributed by atoms with Crippen LogP contribution in [0.2, 0.25) is 0 Å². The second-order valence-electron chi connectivity index (χ2n) is 5.54. The van der Waals surface area contributed by atoms with Crippen LogP contribution in [-0.4, -0.2) is 30.3 Å². The van der Waals surface area contributed by atoms with Crippen LogP contribution in [0, 0.1) is 5.92 Å². The fraction of sp³-hybridized carbons (Fsp3) is 0.500. The lowest BCUT2D eigenvalue weighted by Crippen LogP contribution is -2.32. The van der Waals surface area contributed by atoms with Crippen molar-refractivity contribution in [3.63, 3.8) is 0 Å². The number of nitrogens with one attached hydrogen (secondary N) is 1. The van der Waals surface area contributed by atoms with Crippen LogP contribution in [0.1, 0.15) is 32.6 Å². The number of rotatable bonds is 6. The van der Waals surface area contributed by atoms with Crippen molar-refractivity contribution in [2.75, 3.05) is 14.2 Å². The zero-order valence-corrected chi connectivity index (χ0v) is 13.3. The predicted octanol–water partition coefficient (Wildman–Crippen LogP) is 3.09. The minimum atomic E-state index is 0.182. The SMILES string of the molecule is CNC(C)C(c1nc(-c2cccc(OC)c2)no1)C(C)C. The van der Waals surface area contributed by atoms with Crippen LogP contribution in [0.25, 0.3) is 11.4 Å². The Kier molecular flexibility index (Phi) is 4.96. The number of hydrogen-bond donors (Lipinski definition) is 1. The van der Waals surface area contributed by atoms with Gasteiger partial charge in [-0.3, -0.25) is 0 Å². The van der Waals surface area contributed by atoms with Crippen molar-refractivity contribution >= 4 is 0 Å². The molecule has 1 aromatic heterocycles. The lowest BCUT2D eigenvalue weighted by atomic mass is 9.89. The van der Waals surface area contributed by atoms with Gasteiger partial charge in [0.15, 0.2) is 0 Å². The Hall–Kier alpha value is -1.88. The normalized spacial score (nSPS) is 14.2. The van der Waals surface area contributed by atoms with Gasteiger partial charge in [0.1, 0.15) is 5.75 Å². The van der Waals surface area contributed by atoms with E-state index in [1.807, 2.05) is 31.3 Å². The maximum Gasteiger partial charge on any atom is 0.231 e. The third-order valence-electron chi connectivity index (χ3n) is 3.77. The molecule has 0 spiro atoms. The van der Waals surface area contributed by atoms with Gasteiger partial charge in [0.25, 0.3) is 0 Å². The van der Waals surface area contributed by atoms with Gasteiger partial charge in [-0.1, -0.05) is 31.1 Å². The highest BCUT2D eigenvalue weighted by Gasteiger charge is 2.27. The Morgan fingerprint density at radius 1 is 1.24 bits per heavy atom. The van der Waals surface area contributed by atoms with Crippen molar-refractivity contribution in [3.8, 4) is 17.1 Å². The van der Waals surface area contributed by atoms with Gasteiger partial charge in [0.2, 0.25) is 11.7 Å². The first-order valence-electron chi connectivity index (χ1n) is 7.22. The molecule has 5 heteroatoms. The lowest BCUT2D eigenvalue weighted by Gasteiger charge is -2.23. The minimum absolute atomic E-state index is 0.182. The molecule has 0 radical (unpaired) electrons. The Labute approximate surface area is 125 Å². The molecular formula is C16H23N3O2. The molecule has 0 aliphatic heterocycles. The summed E-state index contributed by atoms with van der Waals surface area (Å²) in [6.45, 7) is 6.45. The molecule has 21 heavy (non-hydrogen) atoms.